The van der Waals surface area contributed by atoms with Gasteiger partial charge in [-0.25, -0.2) is 9.66 Å². The summed E-state index contributed by atoms with van der Waals surface area (Å²) in [5.74, 6) is 6.14. The van der Waals surface area contributed by atoms with Crippen LogP contribution in [-0.2, 0) is 0 Å². The van der Waals surface area contributed by atoms with Crippen molar-refractivity contribution in [1.29, 1.82) is 0 Å². The van der Waals surface area contributed by atoms with Crippen molar-refractivity contribution in [3.63, 3.8) is 0 Å². The Hall–Kier alpha value is -2.04. The van der Waals surface area contributed by atoms with Crippen molar-refractivity contribution in [2.75, 3.05) is 5.84 Å². The maximum Gasteiger partial charge on any atom is 0.280 e. The zero-order valence-corrected chi connectivity index (χ0v) is 11.7. The predicted octanol–water partition coefficient (Wildman–Crippen LogP) is 3.08. The Bertz CT molecular complexity index is 874. The molecular weight excluding hydrogens is 297 g/mol. The van der Waals surface area contributed by atoms with Crippen LogP contribution in [0.2, 0.25) is 10.0 Å². The van der Waals surface area contributed by atoms with Crippen molar-refractivity contribution < 1.29 is 0 Å². The number of halogens is 2. The summed E-state index contributed by atoms with van der Waals surface area (Å²) < 4.78 is 0.997. The normalized spacial score (nSPS) is 10.9. The van der Waals surface area contributed by atoms with E-state index in [0.29, 0.717) is 32.3 Å². The molecule has 1 aromatic heterocycles. The van der Waals surface area contributed by atoms with Gasteiger partial charge in [0.05, 0.1) is 15.9 Å². The van der Waals surface area contributed by atoms with Crippen LogP contribution in [0.25, 0.3) is 22.3 Å². The number of rotatable bonds is 1. The third kappa shape index (κ3) is 2.03. The first-order valence-corrected chi connectivity index (χ1v) is 6.56. The summed E-state index contributed by atoms with van der Waals surface area (Å²) in [7, 11) is 0. The van der Waals surface area contributed by atoms with Crippen LogP contribution in [0.1, 0.15) is 0 Å². The van der Waals surface area contributed by atoms with Gasteiger partial charge in [-0.3, -0.25) is 4.79 Å². The number of benzene rings is 2. The van der Waals surface area contributed by atoms with Gasteiger partial charge in [0.25, 0.3) is 5.56 Å². The molecule has 3 aromatic rings. The largest absolute Gasteiger partial charge is 0.334 e. The lowest BCUT2D eigenvalue weighted by Crippen LogP contribution is -2.29. The van der Waals surface area contributed by atoms with Crippen molar-refractivity contribution in [1.82, 2.24) is 9.66 Å². The van der Waals surface area contributed by atoms with E-state index < -0.39 is 0 Å². The van der Waals surface area contributed by atoms with Crippen molar-refractivity contribution in [3.8, 4) is 11.4 Å². The highest BCUT2D eigenvalue weighted by atomic mass is 35.5. The van der Waals surface area contributed by atoms with Gasteiger partial charge in [0.1, 0.15) is 0 Å². The fourth-order valence-corrected chi connectivity index (χ4v) is 2.50. The lowest BCUT2D eigenvalue weighted by Gasteiger charge is -2.10. The third-order valence-corrected chi connectivity index (χ3v) is 3.53. The zero-order chi connectivity index (χ0) is 14.3. The Labute approximate surface area is 124 Å². The quantitative estimate of drug-likeness (QED) is 0.703. The molecule has 1 heterocycles. The molecule has 0 aliphatic rings. The first-order valence-electron chi connectivity index (χ1n) is 5.80. The molecule has 100 valence electrons. The summed E-state index contributed by atoms with van der Waals surface area (Å²) in [6, 6.07) is 11.9. The van der Waals surface area contributed by atoms with Gasteiger partial charge in [-0.15, -0.1) is 0 Å². The Balaban J connectivity index is 2.37. The van der Waals surface area contributed by atoms with Crippen molar-refractivity contribution in [2.24, 2.45) is 0 Å². The minimum atomic E-state index is -0.323. The monoisotopic (exact) mass is 305 g/mol. The lowest BCUT2D eigenvalue weighted by atomic mass is 10.2. The molecule has 2 aromatic carbocycles. The maximum atomic E-state index is 12.2. The molecule has 3 rings (SSSR count). The number of nitrogens with two attached hydrogens (primary N) is 1. The van der Waals surface area contributed by atoms with Crippen LogP contribution in [-0.4, -0.2) is 9.66 Å². The summed E-state index contributed by atoms with van der Waals surface area (Å²) in [5.41, 5.74) is 0.804. The van der Waals surface area contributed by atoms with Gasteiger partial charge in [0.2, 0.25) is 0 Å². The van der Waals surface area contributed by atoms with Gasteiger partial charge in [-0.1, -0.05) is 35.3 Å². The van der Waals surface area contributed by atoms with E-state index in [4.69, 9.17) is 29.0 Å². The number of aromatic nitrogens is 2. The second kappa shape index (κ2) is 4.81. The molecule has 0 aliphatic heterocycles. The fraction of sp³-hybridized carbons (Fsp3) is 0. The van der Waals surface area contributed by atoms with Crippen LogP contribution >= 0.6 is 23.2 Å². The van der Waals surface area contributed by atoms with Crippen LogP contribution < -0.4 is 11.4 Å². The van der Waals surface area contributed by atoms with E-state index in [9.17, 15) is 4.79 Å². The van der Waals surface area contributed by atoms with Gasteiger partial charge in [-0.2, -0.15) is 0 Å². The number of hydrogen-bond acceptors (Lipinski definition) is 3. The van der Waals surface area contributed by atoms with Crippen LogP contribution in [0, 0.1) is 0 Å². The Morgan fingerprint density at radius 2 is 1.85 bits per heavy atom. The molecule has 0 radical (unpaired) electrons. The number of para-hydroxylation sites is 1. The second-order valence-corrected chi connectivity index (χ2v) is 5.10. The van der Waals surface area contributed by atoms with Gasteiger partial charge in [0.15, 0.2) is 5.82 Å². The van der Waals surface area contributed by atoms with Crippen molar-refractivity contribution in [2.45, 2.75) is 0 Å². The van der Waals surface area contributed by atoms with Crippen LogP contribution in [0.4, 0.5) is 0 Å². The number of fused-ring (bicyclic) bond motifs is 1. The molecule has 4 nitrogen and oxygen atoms in total. The average molecular weight is 306 g/mol. The first-order chi connectivity index (χ1) is 9.58. The predicted molar refractivity (Wildman–Crippen MR) is 81.6 cm³/mol. The summed E-state index contributed by atoms with van der Waals surface area (Å²) in [6.07, 6.45) is 0. The van der Waals surface area contributed by atoms with Crippen LogP contribution in [0.5, 0.6) is 0 Å². The number of nitrogen functional groups attached to an aromatic ring is 1. The molecule has 0 fully saturated rings. The molecule has 0 unspecified atom stereocenters. The smallest absolute Gasteiger partial charge is 0.280 e. The van der Waals surface area contributed by atoms with E-state index in [2.05, 4.69) is 4.98 Å². The molecule has 2 N–H and O–H groups in total. The van der Waals surface area contributed by atoms with Crippen molar-refractivity contribution in [3.05, 3.63) is 62.9 Å². The average Bonchev–Trinajstić information content (AvgIpc) is 2.43. The minimum Gasteiger partial charge on any atom is -0.334 e. The molecule has 0 spiro atoms. The second-order valence-electron chi connectivity index (χ2n) is 4.25. The molecule has 6 heteroatoms. The molecule has 0 aliphatic carbocycles. The Morgan fingerprint density at radius 1 is 1.10 bits per heavy atom. The van der Waals surface area contributed by atoms with Gasteiger partial charge >= 0.3 is 0 Å². The molecule has 0 bridgehead atoms. The first kappa shape index (κ1) is 13.0. The summed E-state index contributed by atoms with van der Waals surface area (Å²) in [6.45, 7) is 0. The highest BCUT2D eigenvalue weighted by Crippen LogP contribution is 2.28. The summed E-state index contributed by atoms with van der Waals surface area (Å²) >= 11 is 12.0. The molecule has 0 saturated carbocycles. The number of hydrogen-bond donors (Lipinski definition) is 1. The van der Waals surface area contributed by atoms with E-state index in [1.807, 2.05) is 6.07 Å². The highest BCUT2D eigenvalue weighted by molar-refractivity contribution is 6.36. The topological polar surface area (TPSA) is 60.9 Å². The lowest BCUT2D eigenvalue weighted by molar-refractivity contribution is 0.927. The number of nitrogens with zero attached hydrogens (tertiary/aromatic N) is 2. The van der Waals surface area contributed by atoms with E-state index >= 15 is 0 Å². The van der Waals surface area contributed by atoms with Crippen molar-refractivity contribution >= 4 is 34.1 Å². The zero-order valence-electron chi connectivity index (χ0n) is 10.2. The van der Waals surface area contributed by atoms with E-state index in [1.165, 1.54) is 0 Å². The molecule has 0 saturated heterocycles. The van der Waals surface area contributed by atoms with Crippen LogP contribution in [0.15, 0.2) is 47.3 Å². The summed E-state index contributed by atoms with van der Waals surface area (Å²) in [5, 5.41) is 1.35. The SMILES string of the molecule is Nn1c(-c2ccc(Cl)cc2Cl)nc2ccccc2c1=O. The van der Waals surface area contributed by atoms with E-state index in [-0.39, 0.29) is 5.56 Å². The minimum absolute atomic E-state index is 0.301. The Morgan fingerprint density at radius 3 is 2.60 bits per heavy atom. The van der Waals surface area contributed by atoms with Gasteiger partial charge in [-0.05, 0) is 30.3 Å². The maximum absolute atomic E-state index is 12.2. The standard InChI is InChI=1S/C14H9Cl2N3O/c15-8-5-6-9(11(16)7-8)13-18-12-4-2-1-3-10(12)14(20)19(13)17/h1-7H,17H2. The van der Waals surface area contributed by atoms with Crippen LogP contribution in [0.3, 0.4) is 0 Å². The molecule has 0 amide bonds. The summed E-state index contributed by atoms with van der Waals surface area (Å²) in [4.78, 5) is 16.6. The Kier molecular flexibility index (Phi) is 3.12. The van der Waals surface area contributed by atoms with E-state index in [0.717, 1.165) is 4.68 Å². The molecule has 0 atom stereocenters. The van der Waals surface area contributed by atoms with Gasteiger partial charge in [0, 0.05) is 10.6 Å². The molecular formula is C14H9Cl2N3O. The highest BCUT2D eigenvalue weighted by Gasteiger charge is 2.13. The molecule has 20 heavy (non-hydrogen) atoms. The fourth-order valence-electron chi connectivity index (χ4n) is 2.01. The van der Waals surface area contributed by atoms with Gasteiger partial charge < -0.3 is 5.84 Å². The van der Waals surface area contributed by atoms with E-state index in [1.54, 1.807) is 36.4 Å². The third-order valence-electron chi connectivity index (χ3n) is 2.98.